The van der Waals surface area contributed by atoms with Crippen LogP contribution < -0.4 is 0 Å². The van der Waals surface area contributed by atoms with Gasteiger partial charge in [-0.15, -0.1) is 0 Å². The van der Waals surface area contributed by atoms with Crippen molar-refractivity contribution in [3.8, 4) is 0 Å². The Bertz CT molecular complexity index is 937. The third kappa shape index (κ3) is 3.67. The predicted molar refractivity (Wildman–Crippen MR) is 98.6 cm³/mol. The van der Waals surface area contributed by atoms with Crippen molar-refractivity contribution >= 4 is 22.5 Å². The molecule has 1 atom stereocenters. The average Bonchev–Trinajstić information content (AvgIpc) is 2.64. The Morgan fingerprint density at radius 3 is 1.28 bits per heavy atom. The minimum absolute atomic E-state index is 0.0232. The van der Waals surface area contributed by atoms with E-state index in [1.807, 2.05) is 0 Å². The Balaban J connectivity index is 2.47. The fraction of sp³-hybridized carbons (Fsp3) is 0.182. The first-order valence-electron chi connectivity index (χ1n) is 8.81. The normalized spacial score (nSPS) is 12.8. The third-order valence-electron chi connectivity index (χ3n) is 4.99. The van der Waals surface area contributed by atoms with Gasteiger partial charge in [0.2, 0.25) is 0 Å². The summed E-state index contributed by atoms with van der Waals surface area (Å²) in [5, 5.41) is 0. The molecule has 149 valence electrons. The molecule has 29 heavy (non-hydrogen) atoms. The van der Waals surface area contributed by atoms with E-state index in [0.717, 1.165) is 54.6 Å². The van der Waals surface area contributed by atoms with Crippen molar-refractivity contribution in [1.29, 1.82) is 0 Å². The molecule has 0 heterocycles. The Labute approximate surface area is 177 Å². The van der Waals surface area contributed by atoms with Crippen LogP contribution in [-0.2, 0) is 3.43 Å². The van der Waals surface area contributed by atoms with Crippen LogP contribution in [0.25, 0.3) is 0 Å². The van der Waals surface area contributed by atoms with Crippen LogP contribution in [0.5, 0.6) is 0 Å². The van der Waals surface area contributed by atoms with E-state index >= 15 is 0 Å². The Hall–Kier alpha value is -1.96. The molecule has 7 heteroatoms. The molecule has 0 nitrogen and oxygen atoms in total. The van der Waals surface area contributed by atoms with Gasteiger partial charge >= 0.3 is 178 Å². The van der Waals surface area contributed by atoms with Gasteiger partial charge < -0.3 is 0 Å². The Morgan fingerprint density at radius 1 is 0.655 bits per heavy atom. The molecular weight excluding hydrogens is 497 g/mol. The van der Waals surface area contributed by atoms with E-state index in [4.69, 9.17) is 0 Å². The number of rotatable bonds is 5. The number of benzene rings is 3. The number of hydrogen-bond acceptors (Lipinski definition) is 0. The summed E-state index contributed by atoms with van der Waals surface area (Å²) in [6.45, 7) is 1.55. The Morgan fingerprint density at radius 2 is 0.966 bits per heavy atom. The van der Waals surface area contributed by atoms with Crippen LogP contribution >= 0.6 is 0 Å². The van der Waals surface area contributed by atoms with Crippen molar-refractivity contribution in [2.24, 2.45) is 0 Å². The number of hydrogen-bond donors (Lipinski definition) is 0. The first-order chi connectivity index (χ1) is 13.7. The molecule has 0 saturated heterocycles. The molecule has 3 aromatic carbocycles. The van der Waals surface area contributed by atoms with E-state index in [1.165, 1.54) is 0 Å². The predicted octanol–water partition coefficient (Wildman–Crippen LogP) is 6.13. The molecule has 0 aliphatic heterocycles. The van der Waals surface area contributed by atoms with Gasteiger partial charge in [-0.2, -0.15) is 0 Å². The van der Waals surface area contributed by atoms with Crippen molar-refractivity contribution < 1.29 is 26.3 Å². The molecule has 0 spiro atoms. The molecule has 0 fully saturated rings. The molecule has 3 radical (unpaired) electrons. The van der Waals surface area contributed by atoms with E-state index in [9.17, 15) is 26.3 Å². The first kappa shape index (κ1) is 21.7. The summed E-state index contributed by atoms with van der Waals surface area (Å²) in [5.74, 6) is -7.33. The van der Waals surface area contributed by atoms with Crippen molar-refractivity contribution in [2.45, 2.75) is 22.7 Å². The molecule has 0 saturated carbocycles. The quantitative estimate of drug-likeness (QED) is 0.286. The van der Waals surface area contributed by atoms with Crippen LogP contribution in [0.4, 0.5) is 26.3 Å². The third-order valence-corrected chi connectivity index (χ3v) is 7.41. The van der Waals surface area contributed by atoms with Gasteiger partial charge in [0.15, 0.2) is 0 Å². The van der Waals surface area contributed by atoms with Gasteiger partial charge in [0, 0.05) is 0 Å². The molecule has 1 unspecified atom stereocenters. The fourth-order valence-electron chi connectivity index (χ4n) is 3.79. The van der Waals surface area contributed by atoms with Crippen LogP contribution in [-0.4, -0.2) is 22.5 Å². The molecule has 0 bridgehead atoms. The second kappa shape index (κ2) is 8.42. The second-order valence-electron chi connectivity index (χ2n) is 6.60. The summed E-state index contributed by atoms with van der Waals surface area (Å²) in [6, 6.07) is 9.24. The topological polar surface area (TPSA) is 0 Å². The summed E-state index contributed by atoms with van der Waals surface area (Å²) < 4.78 is 86.7. The van der Waals surface area contributed by atoms with Gasteiger partial charge in [-0.25, -0.2) is 0 Å². The molecular formula is C22H15F6Sn. The standard InChI is InChI=1S/C22H15F6.Sn/c1-2-12(19-13(23)6-3-7-14(19)24)20(21-15(25)8-4-9-16(21)26)22-17(27)10-5-11-18(22)28;/h3-12H,2H2,1H3;. The monoisotopic (exact) mass is 513 g/mol. The van der Waals surface area contributed by atoms with Crippen molar-refractivity contribution in [3.63, 3.8) is 0 Å². The Kier molecular flexibility index (Phi) is 6.31. The van der Waals surface area contributed by atoms with Gasteiger partial charge in [0.1, 0.15) is 0 Å². The van der Waals surface area contributed by atoms with E-state index in [1.54, 1.807) is 6.92 Å². The maximum atomic E-state index is 14.9. The maximum absolute atomic E-state index is 14.9. The summed E-state index contributed by atoms with van der Waals surface area (Å²) in [4.78, 5) is 0. The molecule has 0 N–H and O–H groups in total. The van der Waals surface area contributed by atoms with Crippen molar-refractivity contribution in [3.05, 3.63) is 106 Å². The summed E-state index contributed by atoms with van der Waals surface area (Å²) >= 11 is 0.274. The van der Waals surface area contributed by atoms with Gasteiger partial charge in [-0.3, -0.25) is 0 Å². The molecule has 0 aromatic heterocycles. The SMILES string of the molecule is CCC(c1c(F)cccc1F)[C]([Sn])(c1c(F)cccc1F)c1c(F)cccc1F. The van der Waals surface area contributed by atoms with E-state index in [0.29, 0.717) is 0 Å². The van der Waals surface area contributed by atoms with Gasteiger partial charge in [-0.05, 0) is 0 Å². The second-order valence-corrected chi connectivity index (χ2v) is 8.85. The van der Waals surface area contributed by atoms with E-state index in [2.05, 4.69) is 0 Å². The van der Waals surface area contributed by atoms with Crippen molar-refractivity contribution in [2.75, 3.05) is 0 Å². The minimum atomic E-state index is -1.99. The van der Waals surface area contributed by atoms with Gasteiger partial charge in [-0.1, -0.05) is 0 Å². The zero-order valence-electron chi connectivity index (χ0n) is 15.2. The molecule has 3 rings (SSSR count). The van der Waals surface area contributed by atoms with Crippen LogP contribution in [0.15, 0.2) is 54.6 Å². The zero-order valence-corrected chi connectivity index (χ0v) is 18.1. The van der Waals surface area contributed by atoms with Crippen LogP contribution in [0.1, 0.15) is 36.0 Å². The zero-order chi connectivity index (χ0) is 21.3. The molecule has 0 aliphatic carbocycles. The first-order valence-corrected chi connectivity index (χ1v) is 10.2. The summed E-state index contributed by atoms with van der Waals surface area (Å²) in [7, 11) is 0. The van der Waals surface area contributed by atoms with Crippen LogP contribution in [0.3, 0.4) is 0 Å². The fourth-order valence-corrected chi connectivity index (χ4v) is 6.15. The van der Waals surface area contributed by atoms with E-state index in [-0.39, 0.29) is 28.9 Å². The molecule has 3 aromatic rings. The number of halogens is 6. The van der Waals surface area contributed by atoms with Crippen LogP contribution in [0.2, 0.25) is 0 Å². The van der Waals surface area contributed by atoms with E-state index < -0.39 is 60.9 Å². The summed E-state index contributed by atoms with van der Waals surface area (Å²) in [6.07, 6.45) is -0.0232. The van der Waals surface area contributed by atoms with Crippen LogP contribution in [0, 0.1) is 34.9 Å². The van der Waals surface area contributed by atoms with Gasteiger partial charge in [0.05, 0.1) is 0 Å². The van der Waals surface area contributed by atoms with Crippen molar-refractivity contribution in [1.82, 2.24) is 0 Å². The summed E-state index contributed by atoms with van der Waals surface area (Å²) in [5.41, 5.74) is -1.69. The average molecular weight is 512 g/mol. The van der Waals surface area contributed by atoms with Gasteiger partial charge in [0.25, 0.3) is 0 Å². The molecule has 0 amide bonds. The molecule has 0 aliphatic rings.